The lowest BCUT2D eigenvalue weighted by molar-refractivity contribution is -0.137. The van der Waals surface area contributed by atoms with E-state index in [9.17, 15) is 13.2 Å². The minimum Gasteiger partial charge on any atom is -0.342 e. The van der Waals surface area contributed by atoms with E-state index in [0.29, 0.717) is 31.8 Å². The Bertz CT molecular complexity index is 960. The summed E-state index contributed by atoms with van der Waals surface area (Å²) in [5.74, 6) is 0.534. The largest absolute Gasteiger partial charge is 0.342 e. The van der Waals surface area contributed by atoms with Gasteiger partial charge in [0.1, 0.15) is 0 Å². The summed E-state index contributed by atoms with van der Waals surface area (Å²) in [6.45, 7) is 2.41. The van der Waals surface area contributed by atoms with Crippen LogP contribution >= 0.6 is 0 Å². The molecule has 0 saturated carbocycles. The van der Waals surface area contributed by atoms with E-state index < -0.39 is 10.0 Å². The average molecular weight is 402 g/mol. The molecule has 2 aromatic rings. The normalized spacial score (nSPS) is 20.5. The summed E-state index contributed by atoms with van der Waals surface area (Å²) in [5, 5.41) is 2.36. The van der Waals surface area contributed by atoms with Crippen LogP contribution in [0.2, 0.25) is 0 Å². The molecule has 2 aliphatic heterocycles. The molecular formula is C21H27N3O3S. The summed E-state index contributed by atoms with van der Waals surface area (Å²) < 4.78 is 24.8. The zero-order chi connectivity index (χ0) is 19.7. The van der Waals surface area contributed by atoms with Crippen LogP contribution in [0.4, 0.5) is 0 Å². The summed E-state index contributed by atoms with van der Waals surface area (Å²) in [7, 11) is -3.15. The summed E-state index contributed by atoms with van der Waals surface area (Å²) in [6, 6.07) is 10.4. The maximum atomic E-state index is 12.9. The first-order valence-corrected chi connectivity index (χ1v) is 11.9. The van der Waals surface area contributed by atoms with Gasteiger partial charge in [0.2, 0.25) is 15.9 Å². The fourth-order valence-corrected chi connectivity index (χ4v) is 5.29. The third kappa shape index (κ3) is 4.05. The second-order valence-electron chi connectivity index (χ2n) is 7.99. The molecule has 0 N–H and O–H groups in total. The Labute approximate surface area is 166 Å². The SMILES string of the molecule is CS(=O)(=O)N1CCC(C(=O)N2CCC(c3cc4ccccc4cn3)CC2)CC1. The zero-order valence-corrected chi connectivity index (χ0v) is 17.1. The van der Waals surface area contributed by atoms with Crippen molar-refractivity contribution >= 4 is 26.7 Å². The lowest BCUT2D eigenvalue weighted by Crippen LogP contribution is -2.46. The van der Waals surface area contributed by atoms with E-state index in [1.54, 1.807) is 0 Å². The molecule has 0 bridgehead atoms. The van der Waals surface area contributed by atoms with Crippen LogP contribution in [-0.4, -0.2) is 60.9 Å². The van der Waals surface area contributed by atoms with Crippen LogP contribution in [-0.2, 0) is 14.8 Å². The molecule has 28 heavy (non-hydrogen) atoms. The molecule has 1 aromatic carbocycles. The Hall–Kier alpha value is -1.99. The summed E-state index contributed by atoms with van der Waals surface area (Å²) in [6.07, 6.45) is 6.28. The van der Waals surface area contributed by atoms with E-state index >= 15 is 0 Å². The molecular weight excluding hydrogens is 374 g/mol. The fourth-order valence-electron chi connectivity index (χ4n) is 4.41. The summed E-state index contributed by atoms with van der Waals surface area (Å²) >= 11 is 0. The van der Waals surface area contributed by atoms with Crippen molar-refractivity contribution in [3.8, 4) is 0 Å². The van der Waals surface area contributed by atoms with Crippen molar-refractivity contribution in [2.75, 3.05) is 32.4 Å². The minimum absolute atomic E-state index is 0.0478. The summed E-state index contributed by atoms with van der Waals surface area (Å²) in [5.41, 5.74) is 1.12. The Morgan fingerprint density at radius 3 is 2.29 bits per heavy atom. The van der Waals surface area contributed by atoms with E-state index in [4.69, 9.17) is 0 Å². The smallest absolute Gasteiger partial charge is 0.225 e. The molecule has 0 radical (unpaired) electrons. The van der Waals surface area contributed by atoms with Crippen LogP contribution in [0.3, 0.4) is 0 Å². The first kappa shape index (κ1) is 19.3. The van der Waals surface area contributed by atoms with Crippen LogP contribution in [0, 0.1) is 5.92 Å². The van der Waals surface area contributed by atoms with Crippen molar-refractivity contribution in [1.82, 2.24) is 14.2 Å². The van der Waals surface area contributed by atoms with E-state index in [2.05, 4.69) is 23.2 Å². The molecule has 7 heteroatoms. The lowest BCUT2D eigenvalue weighted by atomic mass is 9.90. The average Bonchev–Trinajstić information content (AvgIpc) is 2.72. The number of likely N-dealkylation sites (tertiary alicyclic amines) is 1. The van der Waals surface area contributed by atoms with Gasteiger partial charge in [-0.15, -0.1) is 0 Å². The number of sulfonamides is 1. The van der Waals surface area contributed by atoms with Crippen molar-refractivity contribution in [1.29, 1.82) is 0 Å². The number of aromatic nitrogens is 1. The Kier molecular flexibility index (Phi) is 5.38. The second-order valence-corrected chi connectivity index (χ2v) is 9.97. The zero-order valence-electron chi connectivity index (χ0n) is 16.3. The number of carbonyl (C=O) groups excluding carboxylic acids is 1. The number of hydrogen-bond acceptors (Lipinski definition) is 4. The first-order chi connectivity index (χ1) is 13.4. The molecule has 2 fully saturated rings. The maximum Gasteiger partial charge on any atom is 0.225 e. The van der Waals surface area contributed by atoms with Crippen LogP contribution in [0.25, 0.3) is 10.8 Å². The van der Waals surface area contributed by atoms with E-state index in [0.717, 1.165) is 37.0 Å². The number of piperidine rings is 2. The van der Waals surface area contributed by atoms with Crippen LogP contribution in [0.15, 0.2) is 36.5 Å². The first-order valence-electron chi connectivity index (χ1n) is 10.0. The third-order valence-corrected chi connectivity index (χ3v) is 7.45. The van der Waals surface area contributed by atoms with Crippen molar-refractivity contribution in [2.24, 2.45) is 5.92 Å². The molecule has 0 aliphatic carbocycles. The van der Waals surface area contributed by atoms with Gasteiger partial charge in [0.25, 0.3) is 0 Å². The molecule has 2 saturated heterocycles. The molecule has 0 unspecified atom stereocenters. The standard InChI is InChI=1S/C21H27N3O3S/c1-28(26,27)24-12-8-17(9-13-24)21(25)23-10-6-16(7-11-23)20-14-18-4-2-3-5-19(18)15-22-20/h2-5,14-17H,6-13H2,1H3. The fraction of sp³-hybridized carbons (Fsp3) is 0.524. The van der Waals surface area contributed by atoms with Gasteiger partial charge in [-0.2, -0.15) is 0 Å². The van der Waals surface area contributed by atoms with E-state index in [1.807, 2.05) is 23.2 Å². The van der Waals surface area contributed by atoms with E-state index in [-0.39, 0.29) is 11.8 Å². The third-order valence-electron chi connectivity index (χ3n) is 6.15. The summed E-state index contributed by atoms with van der Waals surface area (Å²) in [4.78, 5) is 19.5. The number of rotatable bonds is 3. The monoisotopic (exact) mass is 401 g/mol. The van der Waals surface area contributed by atoms with E-state index in [1.165, 1.54) is 15.9 Å². The molecule has 0 atom stereocenters. The minimum atomic E-state index is -3.15. The number of fused-ring (bicyclic) bond motifs is 1. The van der Waals surface area contributed by atoms with Crippen LogP contribution in [0.5, 0.6) is 0 Å². The van der Waals surface area contributed by atoms with Gasteiger partial charge in [-0.25, -0.2) is 12.7 Å². The van der Waals surface area contributed by atoms with Crippen LogP contribution < -0.4 is 0 Å². The molecule has 6 nitrogen and oxygen atoms in total. The van der Waals surface area contributed by atoms with Gasteiger partial charge < -0.3 is 4.90 Å². The molecule has 4 rings (SSSR count). The highest BCUT2D eigenvalue weighted by Gasteiger charge is 2.33. The van der Waals surface area contributed by atoms with Gasteiger partial charge in [-0.1, -0.05) is 24.3 Å². The number of nitrogens with zero attached hydrogens (tertiary/aromatic N) is 3. The maximum absolute atomic E-state index is 12.9. The molecule has 150 valence electrons. The van der Waals surface area contributed by atoms with Gasteiger partial charge in [-0.3, -0.25) is 9.78 Å². The molecule has 1 aromatic heterocycles. The van der Waals surface area contributed by atoms with Gasteiger partial charge in [0.05, 0.1) is 6.26 Å². The van der Waals surface area contributed by atoms with Crippen molar-refractivity contribution < 1.29 is 13.2 Å². The Morgan fingerprint density at radius 1 is 1.00 bits per heavy atom. The number of benzene rings is 1. The highest BCUT2D eigenvalue weighted by Crippen LogP contribution is 2.30. The Balaban J connectivity index is 1.34. The van der Waals surface area contributed by atoms with Gasteiger partial charge in [0.15, 0.2) is 0 Å². The number of hydrogen-bond donors (Lipinski definition) is 0. The predicted molar refractivity (Wildman–Crippen MR) is 109 cm³/mol. The molecule has 0 spiro atoms. The predicted octanol–water partition coefficient (Wildman–Crippen LogP) is 2.61. The number of pyridine rings is 1. The highest BCUT2D eigenvalue weighted by molar-refractivity contribution is 7.88. The van der Waals surface area contributed by atoms with Gasteiger partial charge in [-0.05, 0) is 37.1 Å². The Morgan fingerprint density at radius 2 is 1.64 bits per heavy atom. The highest BCUT2D eigenvalue weighted by atomic mass is 32.2. The van der Waals surface area contributed by atoms with Gasteiger partial charge in [0, 0.05) is 55.3 Å². The topological polar surface area (TPSA) is 70.6 Å². The van der Waals surface area contributed by atoms with Crippen LogP contribution in [0.1, 0.15) is 37.3 Å². The number of carbonyl (C=O) groups is 1. The van der Waals surface area contributed by atoms with Crippen molar-refractivity contribution in [3.63, 3.8) is 0 Å². The quantitative estimate of drug-likeness (QED) is 0.793. The molecule has 2 aliphatic rings. The van der Waals surface area contributed by atoms with Crippen molar-refractivity contribution in [2.45, 2.75) is 31.6 Å². The number of amides is 1. The molecule has 3 heterocycles. The lowest BCUT2D eigenvalue weighted by Gasteiger charge is -2.36. The second kappa shape index (κ2) is 7.79. The molecule has 1 amide bonds. The van der Waals surface area contributed by atoms with Crippen molar-refractivity contribution in [3.05, 3.63) is 42.2 Å². The van der Waals surface area contributed by atoms with Gasteiger partial charge >= 0.3 is 0 Å².